The molecule has 0 aliphatic rings. The molecule has 1 heterocycles. The fourth-order valence-electron chi connectivity index (χ4n) is 1.74. The van der Waals surface area contributed by atoms with E-state index in [0.29, 0.717) is 23.3 Å². The maximum atomic E-state index is 12.5. The first-order valence-electron chi connectivity index (χ1n) is 5.77. The van der Waals surface area contributed by atoms with Crippen molar-refractivity contribution in [3.63, 3.8) is 0 Å². The minimum Gasteiger partial charge on any atom is -0.342 e. The Bertz CT molecular complexity index is 531. The molecule has 6 heteroatoms. The lowest BCUT2D eigenvalue weighted by Crippen LogP contribution is -2.16. The zero-order valence-electron chi connectivity index (χ0n) is 9.93. The molecule has 0 aliphatic carbocycles. The summed E-state index contributed by atoms with van der Waals surface area (Å²) in [6.45, 7) is 3.61. The number of fused-ring (bicyclic) bond motifs is 1. The molecule has 3 nitrogen and oxygen atoms in total. The lowest BCUT2D eigenvalue weighted by Gasteiger charge is -2.05. The van der Waals surface area contributed by atoms with Crippen molar-refractivity contribution in [2.24, 2.45) is 0 Å². The molecule has 0 bridgehead atoms. The summed E-state index contributed by atoms with van der Waals surface area (Å²) in [7, 11) is 0. The quantitative estimate of drug-likeness (QED) is 0.827. The average molecular weight is 257 g/mol. The number of nitrogens with one attached hydrogen (secondary N) is 2. The number of alkyl halides is 3. The van der Waals surface area contributed by atoms with Crippen molar-refractivity contribution < 1.29 is 13.2 Å². The Hall–Kier alpha value is -1.56. The van der Waals surface area contributed by atoms with Crippen LogP contribution in [0, 0.1) is 0 Å². The first kappa shape index (κ1) is 12.9. The molecular weight excluding hydrogens is 243 g/mol. The number of aromatic amines is 1. The zero-order chi connectivity index (χ0) is 13.2. The smallest absolute Gasteiger partial charge is 0.342 e. The molecule has 2 N–H and O–H groups in total. The third-order valence-corrected chi connectivity index (χ3v) is 2.65. The van der Waals surface area contributed by atoms with E-state index in [0.717, 1.165) is 25.2 Å². The predicted molar refractivity (Wildman–Crippen MR) is 63.3 cm³/mol. The van der Waals surface area contributed by atoms with E-state index in [9.17, 15) is 13.2 Å². The minimum absolute atomic E-state index is 0.427. The van der Waals surface area contributed by atoms with E-state index >= 15 is 0 Å². The molecule has 0 fully saturated rings. The van der Waals surface area contributed by atoms with Crippen molar-refractivity contribution in [3.8, 4) is 0 Å². The molecule has 18 heavy (non-hydrogen) atoms. The highest BCUT2D eigenvalue weighted by Crippen LogP contribution is 2.30. The molecular formula is C12H14F3N3. The van der Waals surface area contributed by atoms with Crippen LogP contribution in [0.2, 0.25) is 0 Å². The number of likely N-dealkylation sites (N-methyl/N-ethyl adjacent to an activating group) is 1. The Balaban J connectivity index is 2.23. The van der Waals surface area contributed by atoms with Gasteiger partial charge in [0.05, 0.1) is 16.6 Å². The Morgan fingerprint density at radius 1 is 1.33 bits per heavy atom. The second kappa shape index (κ2) is 4.97. The summed E-state index contributed by atoms with van der Waals surface area (Å²) in [5.74, 6) is 0.699. The monoisotopic (exact) mass is 257 g/mol. The lowest BCUT2D eigenvalue weighted by atomic mass is 10.2. The van der Waals surface area contributed by atoms with Crippen molar-refractivity contribution in [1.29, 1.82) is 0 Å². The van der Waals surface area contributed by atoms with Crippen LogP contribution in [-0.2, 0) is 12.6 Å². The first-order valence-corrected chi connectivity index (χ1v) is 5.77. The number of rotatable bonds is 4. The van der Waals surface area contributed by atoms with Gasteiger partial charge in [-0.3, -0.25) is 0 Å². The highest BCUT2D eigenvalue weighted by Gasteiger charge is 2.30. The van der Waals surface area contributed by atoms with Gasteiger partial charge in [0.25, 0.3) is 0 Å². The SMILES string of the molecule is CCNCCc1nc2ccc(C(F)(F)F)cc2[nH]1. The summed E-state index contributed by atoms with van der Waals surface area (Å²) in [6.07, 6.45) is -3.65. The number of aromatic nitrogens is 2. The zero-order valence-corrected chi connectivity index (χ0v) is 9.93. The molecule has 98 valence electrons. The summed E-state index contributed by atoms with van der Waals surface area (Å²) < 4.78 is 37.6. The lowest BCUT2D eigenvalue weighted by molar-refractivity contribution is -0.137. The van der Waals surface area contributed by atoms with E-state index in [1.807, 2.05) is 6.92 Å². The van der Waals surface area contributed by atoms with Gasteiger partial charge in [0.15, 0.2) is 0 Å². The van der Waals surface area contributed by atoms with E-state index in [4.69, 9.17) is 0 Å². The van der Waals surface area contributed by atoms with Crippen LogP contribution in [0.4, 0.5) is 13.2 Å². The van der Waals surface area contributed by atoms with Crippen molar-refractivity contribution in [2.75, 3.05) is 13.1 Å². The van der Waals surface area contributed by atoms with Gasteiger partial charge in [0.2, 0.25) is 0 Å². The number of imidazole rings is 1. The molecule has 2 rings (SSSR count). The van der Waals surface area contributed by atoms with Gasteiger partial charge in [-0.2, -0.15) is 13.2 Å². The van der Waals surface area contributed by atoms with Crippen LogP contribution in [0.1, 0.15) is 18.3 Å². The van der Waals surface area contributed by atoms with Crippen LogP contribution in [0.5, 0.6) is 0 Å². The topological polar surface area (TPSA) is 40.7 Å². The fraction of sp³-hybridized carbons (Fsp3) is 0.417. The van der Waals surface area contributed by atoms with E-state index in [1.54, 1.807) is 0 Å². The number of benzene rings is 1. The maximum absolute atomic E-state index is 12.5. The standard InChI is InChI=1S/C12H14F3N3/c1-2-16-6-5-11-17-9-4-3-8(12(13,14)15)7-10(9)18-11/h3-4,7,16H,2,5-6H2,1H3,(H,17,18). The van der Waals surface area contributed by atoms with E-state index in [1.165, 1.54) is 6.07 Å². The van der Waals surface area contributed by atoms with Gasteiger partial charge < -0.3 is 10.3 Å². The molecule has 0 amide bonds. The number of H-pyrrole nitrogens is 1. The predicted octanol–water partition coefficient (Wildman–Crippen LogP) is 2.73. The molecule has 0 radical (unpaired) electrons. The Labute approximate surface area is 102 Å². The summed E-state index contributed by atoms with van der Waals surface area (Å²) >= 11 is 0. The summed E-state index contributed by atoms with van der Waals surface area (Å²) in [6, 6.07) is 3.54. The van der Waals surface area contributed by atoms with Crippen LogP contribution in [0.25, 0.3) is 11.0 Å². The van der Waals surface area contributed by atoms with Gasteiger partial charge in [-0.15, -0.1) is 0 Å². The van der Waals surface area contributed by atoms with Gasteiger partial charge in [-0.1, -0.05) is 6.92 Å². The summed E-state index contributed by atoms with van der Waals surface area (Å²) in [4.78, 5) is 7.16. The molecule has 0 aliphatic heterocycles. The minimum atomic E-state index is -4.32. The van der Waals surface area contributed by atoms with E-state index in [2.05, 4.69) is 15.3 Å². The summed E-state index contributed by atoms with van der Waals surface area (Å²) in [5.41, 5.74) is 0.336. The molecule has 1 aromatic heterocycles. The largest absolute Gasteiger partial charge is 0.416 e. The van der Waals surface area contributed by atoms with Crippen LogP contribution in [-0.4, -0.2) is 23.1 Å². The van der Waals surface area contributed by atoms with Gasteiger partial charge in [0, 0.05) is 13.0 Å². The van der Waals surface area contributed by atoms with Crippen molar-refractivity contribution in [1.82, 2.24) is 15.3 Å². The van der Waals surface area contributed by atoms with Gasteiger partial charge in [-0.25, -0.2) is 4.98 Å². The van der Waals surface area contributed by atoms with Crippen molar-refractivity contribution in [3.05, 3.63) is 29.6 Å². The Morgan fingerprint density at radius 2 is 2.11 bits per heavy atom. The van der Waals surface area contributed by atoms with Crippen LogP contribution < -0.4 is 5.32 Å². The van der Waals surface area contributed by atoms with Crippen molar-refractivity contribution >= 4 is 11.0 Å². The second-order valence-corrected chi connectivity index (χ2v) is 4.02. The molecule has 0 saturated heterocycles. The van der Waals surface area contributed by atoms with Gasteiger partial charge in [-0.05, 0) is 24.7 Å². The molecule has 2 aromatic rings. The van der Waals surface area contributed by atoms with E-state index < -0.39 is 11.7 Å². The summed E-state index contributed by atoms with van der Waals surface area (Å²) in [5, 5.41) is 3.14. The number of hydrogen-bond acceptors (Lipinski definition) is 2. The fourth-order valence-corrected chi connectivity index (χ4v) is 1.74. The highest BCUT2D eigenvalue weighted by atomic mass is 19.4. The first-order chi connectivity index (χ1) is 8.50. The molecule has 1 aromatic carbocycles. The van der Waals surface area contributed by atoms with Crippen LogP contribution in [0.15, 0.2) is 18.2 Å². The van der Waals surface area contributed by atoms with Crippen molar-refractivity contribution in [2.45, 2.75) is 19.5 Å². The van der Waals surface area contributed by atoms with Crippen LogP contribution in [0.3, 0.4) is 0 Å². The maximum Gasteiger partial charge on any atom is 0.416 e. The van der Waals surface area contributed by atoms with Crippen LogP contribution >= 0.6 is 0 Å². The number of hydrogen-bond donors (Lipinski definition) is 2. The normalized spacial score (nSPS) is 12.2. The Morgan fingerprint density at radius 3 is 2.78 bits per heavy atom. The third kappa shape index (κ3) is 2.81. The number of nitrogens with zero attached hydrogens (tertiary/aromatic N) is 1. The average Bonchev–Trinajstić information content (AvgIpc) is 2.69. The third-order valence-electron chi connectivity index (χ3n) is 2.65. The Kier molecular flexibility index (Phi) is 3.56. The van der Waals surface area contributed by atoms with E-state index in [-0.39, 0.29) is 0 Å². The molecule has 0 atom stereocenters. The molecule has 0 spiro atoms. The second-order valence-electron chi connectivity index (χ2n) is 4.02. The molecule has 0 saturated carbocycles. The van der Waals surface area contributed by atoms with Gasteiger partial charge >= 0.3 is 6.18 Å². The molecule has 0 unspecified atom stereocenters. The van der Waals surface area contributed by atoms with Gasteiger partial charge in [0.1, 0.15) is 5.82 Å². The highest BCUT2D eigenvalue weighted by molar-refractivity contribution is 5.76. The number of halogens is 3.